The van der Waals surface area contributed by atoms with Gasteiger partial charge in [0.25, 0.3) is 0 Å². The lowest BCUT2D eigenvalue weighted by Gasteiger charge is -2.23. The molecular weight excluding hydrogens is 408 g/mol. The third-order valence-corrected chi connectivity index (χ3v) is 6.61. The molecule has 162 valence electrons. The number of unbranched alkanes of at least 4 members (excludes halogenated alkanes) is 2. The molecule has 1 N–H and O–H groups in total. The van der Waals surface area contributed by atoms with Crippen LogP contribution in [0.2, 0.25) is 0 Å². The zero-order valence-electron chi connectivity index (χ0n) is 18.1. The molecular formula is C25H28N2O3S. The average Bonchev–Trinajstić information content (AvgIpc) is 3.21. The summed E-state index contributed by atoms with van der Waals surface area (Å²) in [5, 5.41) is 12.0. The summed E-state index contributed by atoms with van der Waals surface area (Å²) in [4.78, 5) is 19.9. The van der Waals surface area contributed by atoms with Gasteiger partial charge in [0.15, 0.2) is 0 Å². The maximum Gasteiger partial charge on any atom is 0.346 e. The Morgan fingerprint density at radius 1 is 1.06 bits per heavy atom. The van der Waals surface area contributed by atoms with Crippen molar-refractivity contribution >= 4 is 32.5 Å². The van der Waals surface area contributed by atoms with Gasteiger partial charge in [0, 0.05) is 11.9 Å². The summed E-state index contributed by atoms with van der Waals surface area (Å²) in [7, 11) is 0. The highest BCUT2D eigenvalue weighted by molar-refractivity contribution is 7.21. The summed E-state index contributed by atoms with van der Waals surface area (Å²) < 4.78 is 6.82. The third kappa shape index (κ3) is 4.65. The number of nitrogens with zero attached hydrogens (tertiary/aromatic N) is 2. The fraction of sp³-hybridized carbons (Fsp3) is 0.360. The number of phenols is 1. The number of para-hydroxylation sites is 1. The Bertz CT molecular complexity index is 1200. The second-order valence-electron chi connectivity index (χ2n) is 7.90. The van der Waals surface area contributed by atoms with Gasteiger partial charge in [-0.2, -0.15) is 0 Å². The molecule has 0 saturated carbocycles. The highest BCUT2D eigenvalue weighted by atomic mass is 32.1. The van der Waals surface area contributed by atoms with Crippen LogP contribution in [0.3, 0.4) is 0 Å². The first-order valence-corrected chi connectivity index (χ1v) is 11.8. The van der Waals surface area contributed by atoms with E-state index in [1.165, 1.54) is 11.3 Å². The van der Waals surface area contributed by atoms with Gasteiger partial charge in [0.1, 0.15) is 16.3 Å². The zero-order chi connectivity index (χ0) is 21.8. The van der Waals surface area contributed by atoms with Gasteiger partial charge in [0.2, 0.25) is 0 Å². The molecule has 0 aliphatic rings. The monoisotopic (exact) mass is 436 g/mol. The number of hydrogen-bond donors (Lipinski definition) is 1. The van der Waals surface area contributed by atoms with Gasteiger partial charge in [-0.15, -0.1) is 11.3 Å². The SMILES string of the molecule is CCCCN(CCCC)Cc1c(O)ccc2cc(-c3nc4ccccc4s3)c(=O)oc12. The van der Waals surface area contributed by atoms with Crippen LogP contribution in [0.5, 0.6) is 5.75 Å². The molecule has 0 aliphatic carbocycles. The molecule has 0 bridgehead atoms. The van der Waals surface area contributed by atoms with Crippen LogP contribution in [0.1, 0.15) is 45.1 Å². The Hall–Kier alpha value is -2.70. The summed E-state index contributed by atoms with van der Waals surface area (Å²) in [5.74, 6) is 0.168. The molecule has 0 atom stereocenters. The Morgan fingerprint density at radius 3 is 2.52 bits per heavy atom. The average molecular weight is 437 g/mol. The second kappa shape index (κ2) is 9.62. The van der Waals surface area contributed by atoms with Crippen molar-refractivity contribution in [3.8, 4) is 16.3 Å². The van der Waals surface area contributed by atoms with Gasteiger partial charge in [-0.05, 0) is 56.3 Å². The first-order chi connectivity index (χ1) is 15.1. The van der Waals surface area contributed by atoms with E-state index in [1.54, 1.807) is 12.1 Å². The first-order valence-electron chi connectivity index (χ1n) is 11.0. The molecule has 2 aromatic heterocycles. The fourth-order valence-electron chi connectivity index (χ4n) is 3.78. The molecule has 31 heavy (non-hydrogen) atoms. The van der Waals surface area contributed by atoms with Crippen LogP contribution in [0.25, 0.3) is 31.8 Å². The summed E-state index contributed by atoms with van der Waals surface area (Å²) in [6, 6.07) is 13.2. The van der Waals surface area contributed by atoms with Crippen molar-refractivity contribution in [2.45, 2.75) is 46.1 Å². The van der Waals surface area contributed by atoms with Crippen molar-refractivity contribution in [1.29, 1.82) is 0 Å². The number of aromatic hydroxyl groups is 1. The van der Waals surface area contributed by atoms with Crippen LogP contribution in [0, 0.1) is 0 Å². The second-order valence-corrected chi connectivity index (χ2v) is 8.93. The van der Waals surface area contributed by atoms with Crippen molar-refractivity contribution < 1.29 is 9.52 Å². The first kappa shape index (κ1) is 21.5. The van der Waals surface area contributed by atoms with E-state index in [9.17, 15) is 9.90 Å². The topological polar surface area (TPSA) is 66.6 Å². The minimum Gasteiger partial charge on any atom is -0.507 e. The minimum atomic E-state index is -0.424. The minimum absolute atomic E-state index is 0.168. The van der Waals surface area contributed by atoms with E-state index in [1.807, 2.05) is 30.3 Å². The van der Waals surface area contributed by atoms with E-state index in [4.69, 9.17) is 4.42 Å². The van der Waals surface area contributed by atoms with Crippen LogP contribution in [-0.4, -0.2) is 28.1 Å². The smallest absolute Gasteiger partial charge is 0.346 e. The van der Waals surface area contributed by atoms with Crippen LogP contribution in [0.4, 0.5) is 0 Å². The van der Waals surface area contributed by atoms with Crippen LogP contribution in [-0.2, 0) is 6.54 Å². The maximum absolute atomic E-state index is 12.9. The lowest BCUT2D eigenvalue weighted by atomic mass is 10.1. The van der Waals surface area contributed by atoms with Crippen molar-refractivity contribution in [1.82, 2.24) is 9.88 Å². The fourth-order valence-corrected chi connectivity index (χ4v) is 4.75. The molecule has 4 aromatic rings. The number of aromatic nitrogens is 1. The molecule has 2 heterocycles. The maximum atomic E-state index is 12.9. The van der Waals surface area contributed by atoms with Gasteiger partial charge in [-0.1, -0.05) is 38.8 Å². The van der Waals surface area contributed by atoms with E-state index < -0.39 is 5.63 Å². The summed E-state index contributed by atoms with van der Waals surface area (Å²) >= 11 is 1.48. The van der Waals surface area contributed by atoms with Crippen LogP contribution in [0.15, 0.2) is 51.7 Å². The standard InChI is InChI=1S/C25H28N2O3S/c1-3-5-13-27(14-6-4-2)16-19-21(28)12-11-17-15-18(25(29)30-23(17)19)24-26-20-9-7-8-10-22(20)31-24/h7-12,15,28H,3-6,13-14,16H2,1-2H3. The van der Waals surface area contributed by atoms with E-state index in [0.29, 0.717) is 28.3 Å². The van der Waals surface area contributed by atoms with Crippen molar-refractivity contribution in [3.63, 3.8) is 0 Å². The van der Waals surface area contributed by atoms with E-state index >= 15 is 0 Å². The molecule has 0 spiro atoms. The highest BCUT2D eigenvalue weighted by Gasteiger charge is 2.18. The molecule has 0 unspecified atom stereocenters. The van der Waals surface area contributed by atoms with Gasteiger partial charge in [-0.25, -0.2) is 9.78 Å². The van der Waals surface area contributed by atoms with Gasteiger partial charge in [-0.3, -0.25) is 4.90 Å². The van der Waals surface area contributed by atoms with Crippen LogP contribution >= 0.6 is 11.3 Å². The van der Waals surface area contributed by atoms with E-state index in [0.717, 1.165) is 54.4 Å². The zero-order valence-corrected chi connectivity index (χ0v) is 18.9. The molecule has 2 aromatic carbocycles. The van der Waals surface area contributed by atoms with E-state index in [-0.39, 0.29) is 5.75 Å². The van der Waals surface area contributed by atoms with E-state index in [2.05, 4.69) is 23.7 Å². The number of rotatable bonds is 9. The quantitative estimate of drug-likeness (QED) is 0.318. The van der Waals surface area contributed by atoms with Crippen molar-refractivity contribution in [3.05, 3.63) is 58.4 Å². The molecule has 5 nitrogen and oxygen atoms in total. The third-order valence-electron chi connectivity index (χ3n) is 5.54. The molecule has 6 heteroatoms. The lowest BCUT2D eigenvalue weighted by molar-refractivity contribution is 0.253. The van der Waals surface area contributed by atoms with Crippen molar-refractivity contribution in [2.24, 2.45) is 0 Å². The summed E-state index contributed by atoms with van der Waals surface area (Å²) in [6.45, 7) is 6.83. The predicted octanol–water partition coefficient (Wildman–Crippen LogP) is 6.18. The molecule has 0 fully saturated rings. The Labute approximate surface area is 186 Å². The van der Waals surface area contributed by atoms with Gasteiger partial charge >= 0.3 is 5.63 Å². The summed E-state index contributed by atoms with van der Waals surface area (Å²) in [6.07, 6.45) is 4.43. The molecule has 0 amide bonds. The lowest BCUT2D eigenvalue weighted by Crippen LogP contribution is -2.25. The summed E-state index contributed by atoms with van der Waals surface area (Å²) in [5.41, 5.74) is 2.05. The number of benzene rings is 2. The number of thiazole rings is 1. The Morgan fingerprint density at radius 2 is 1.81 bits per heavy atom. The molecule has 0 saturated heterocycles. The largest absolute Gasteiger partial charge is 0.507 e. The van der Waals surface area contributed by atoms with Gasteiger partial charge in [0.05, 0.1) is 21.3 Å². The highest BCUT2D eigenvalue weighted by Crippen LogP contribution is 2.33. The number of fused-ring (bicyclic) bond motifs is 2. The Kier molecular flexibility index (Phi) is 6.68. The predicted molar refractivity (Wildman–Crippen MR) is 128 cm³/mol. The molecule has 4 rings (SSSR count). The van der Waals surface area contributed by atoms with Crippen LogP contribution < -0.4 is 5.63 Å². The molecule has 0 aliphatic heterocycles. The van der Waals surface area contributed by atoms with Gasteiger partial charge < -0.3 is 9.52 Å². The number of phenolic OH excluding ortho intramolecular Hbond substituents is 1. The Balaban J connectivity index is 1.74. The molecule has 0 radical (unpaired) electrons. The number of hydrogen-bond acceptors (Lipinski definition) is 6. The normalized spacial score (nSPS) is 11.7. The van der Waals surface area contributed by atoms with Crippen molar-refractivity contribution in [2.75, 3.05) is 13.1 Å².